The van der Waals surface area contributed by atoms with E-state index in [1.54, 1.807) is 7.11 Å². The van der Waals surface area contributed by atoms with Crippen molar-refractivity contribution in [2.75, 3.05) is 20.2 Å². The van der Waals surface area contributed by atoms with Gasteiger partial charge in [-0.05, 0) is 43.5 Å². The summed E-state index contributed by atoms with van der Waals surface area (Å²) < 4.78 is 5.38. The average Bonchev–Trinajstić information content (AvgIpc) is 2.39. The molecule has 2 rings (SSSR count). The van der Waals surface area contributed by atoms with Crippen LogP contribution in [0.5, 0.6) is 5.75 Å². The van der Waals surface area contributed by atoms with E-state index in [9.17, 15) is 5.11 Å². The number of β-amino-alcohol motifs (C(OH)–C–C–N with tert-alkyl or cyclic N) is 1. The quantitative estimate of drug-likeness (QED) is 0.840. The maximum Gasteiger partial charge on any atom is 0.125 e. The molecule has 2 N–H and O–H groups in total. The maximum absolute atomic E-state index is 10.7. The molecule has 1 unspecified atom stereocenters. The first-order valence-electron chi connectivity index (χ1n) is 6.30. The van der Waals surface area contributed by atoms with Crippen molar-refractivity contribution in [2.24, 2.45) is 0 Å². The van der Waals surface area contributed by atoms with Gasteiger partial charge in [-0.25, -0.2) is 0 Å². The fourth-order valence-corrected chi connectivity index (χ4v) is 2.46. The number of nitrogens with one attached hydrogen (secondary N) is 1. The van der Waals surface area contributed by atoms with Gasteiger partial charge in [0.25, 0.3) is 0 Å². The molecular formula is C14H21NO2. The van der Waals surface area contributed by atoms with Gasteiger partial charge in [-0.15, -0.1) is 0 Å². The summed E-state index contributed by atoms with van der Waals surface area (Å²) in [5.41, 5.74) is 1.38. The average molecular weight is 235 g/mol. The molecule has 0 radical (unpaired) electrons. The highest BCUT2D eigenvalue weighted by Crippen LogP contribution is 2.35. The molecular weight excluding hydrogens is 214 g/mol. The monoisotopic (exact) mass is 235 g/mol. The second-order valence-corrected chi connectivity index (χ2v) is 4.70. The number of hydrogen-bond acceptors (Lipinski definition) is 3. The van der Waals surface area contributed by atoms with Crippen LogP contribution in [0.1, 0.15) is 30.9 Å². The normalized spacial score (nSPS) is 24.6. The number of piperidine rings is 1. The van der Waals surface area contributed by atoms with Gasteiger partial charge >= 0.3 is 0 Å². The van der Waals surface area contributed by atoms with Crippen LogP contribution in [0, 0.1) is 0 Å². The van der Waals surface area contributed by atoms with Gasteiger partial charge in [0.05, 0.1) is 7.11 Å². The van der Waals surface area contributed by atoms with E-state index in [-0.39, 0.29) is 0 Å². The van der Waals surface area contributed by atoms with E-state index in [0.717, 1.165) is 37.1 Å². The Morgan fingerprint density at radius 1 is 1.47 bits per heavy atom. The van der Waals surface area contributed by atoms with Crippen LogP contribution >= 0.6 is 0 Å². The van der Waals surface area contributed by atoms with E-state index >= 15 is 0 Å². The van der Waals surface area contributed by atoms with Crippen molar-refractivity contribution in [1.29, 1.82) is 0 Å². The topological polar surface area (TPSA) is 41.5 Å². The lowest BCUT2D eigenvalue weighted by Crippen LogP contribution is -2.43. The van der Waals surface area contributed by atoms with Crippen LogP contribution in [-0.2, 0) is 12.0 Å². The molecule has 0 saturated carbocycles. The number of hydrogen-bond donors (Lipinski definition) is 2. The number of ether oxygens (including phenoxy) is 1. The second kappa shape index (κ2) is 5.07. The van der Waals surface area contributed by atoms with E-state index < -0.39 is 5.60 Å². The zero-order valence-electron chi connectivity index (χ0n) is 10.6. The first-order valence-corrected chi connectivity index (χ1v) is 6.30. The van der Waals surface area contributed by atoms with Crippen molar-refractivity contribution in [1.82, 2.24) is 5.32 Å². The van der Waals surface area contributed by atoms with Crippen LogP contribution in [0.25, 0.3) is 0 Å². The Kier molecular flexibility index (Phi) is 3.69. The van der Waals surface area contributed by atoms with Gasteiger partial charge in [-0.3, -0.25) is 0 Å². The molecule has 1 aromatic rings. The molecule has 1 fully saturated rings. The lowest BCUT2D eigenvalue weighted by atomic mass is 9.85. The molecule has 1 heterocycles. The first-order chi connectivity index (χ1) is 8.19. The Hall–Kier alpha value is -1.06. The molecule has 94 valence electrons. The fraction of sp³-hybridized carbons (Fsp3) is 0.571. The van der Waals surface area contributed by atoms with E-state index in [1.807, 2.05) is 6.07 Å². The third kappa shape index (κ3) is 2.45. The third-order valence-corrected chi connectivity index (χ3v) is 3.53. The minimum Gasteiger partial charge on any atom is -0.496 e. The van der Waals surface area contributed by atoms with Gasteiger partial charge in [0.1, 0.15) is 11.4 Å². The zero-order chi connectivity index (χ0) is 12.3. The Morgan fingerprint density at radius 2 is 2.29 bits per heavy atom. The molecule has 1 aliphatic heterocycles. The standard InChI is InChI=1S/C14H21NO2/c1-3-11-5-6-13(17-2)12(9-11)14(16)7-4-8-15-10-14/h5-6,9,15-16H,3-4,7-8,10H2,1-2H3. The summed E-state index contributed by atoms with van der Waals surface area (Å²) in [6.45, 7) is 3.71. The summed E-state index contributed by atoms with van der Waals surface area (Å²) in [6.07, 6.45) is 2.76. The summed E-state index contributed by atoms with van der Waals surface area (Å²) in [5, 5.41) is 14.0. The Labute approximate surface area is 103 Å². The number of rotatable bonds is 3. The van der Waals surface area contributed by atoms with Crippen molar-refractivity contribution >= 4 is 0 Å². The SMILES string of the molecule is CCc1ccc(OC)c(C2(O)CCCNC2)c1. The summed E-state index contributed by atoms with van der Waals surface area (Å²) in [7, 11) is 1.66. The molecule has 1 aromatic carbocycles. The molecule has 0 amide bonds. The van der Waals surface area contributed by atoms with Crippen LogP contribution < -0.4 is 10.1 Å². The van der Waals surface area contributed by atoms with Gasteiger partial charge in [0.2, 0.25) is 0 Å². The van der Waals surface area contributed by atoms with Crippen molar-refractivity contribution in [3.63, 3.8) is 0 Å². The van der Waals surface area contributed by atoms with E-state index in [1.165, 1.54) is 5.56 Å². The van der Waals surface area contributed by atoms with Crippen LogP contribution in [0.2, 0.25) is 0 Å². The summed E-state index contributed by atoms with van der Waals surface area (Å²) in [6, 6.07) is 6.09. The molecule has 1 atom stereocenters. The molecule has 0 bridgehead atoms. The van der Waals surface area contributed by atoms with Crippen molar-refractivity contribution in [3.8, 4) is 5.75 Å². The molecule has 0 aliphatic carbocycles. The predicted molar refractivity (Wildman–Crippen MR) is 68.4 cm³/mol. The van der Waals surface area contributed by atoms with Gasteiger partial charge in [0.15, 0.2) is 0 Å². The highest BCUT2D eigenvalue weighted by molar-refractivity contribution is 5.41. The summed E-state index contributed by atoms with van der Waals surface area (Å²) in [4.78, 5) is 0. The molecule has 0 aromatic heterocycles. The van der Waals surface area contributed by atoms with E-state index in [0.29, 0.717) is 6.54 Å². The lowest BCUT2D eigenvalue weighted by Gasteiger charge is -2.34. The van der Waals surface area contributed by atoms with Gasteiger partial charge in [-0.2, -0.15) is 0 Å². The number of aryl methyl sites for hydroxylation is 1. The van der Waals surface area contributed by atoms with Crippen molar-refractivity contribution < 1.29 is 9.84 Å². The van der Waals surface area contributed by atoms with Crippen LogP contribution in [0.3, 0.4) is 0 Å². The maximum atomic E-state index is 10.7. The lowest BCUT2D eigenvalue weighted by molar-refractivity contribution is 0.0102. The van der Waals surface area contributed by atoms with Crippen LogP contribution in [0.15, 0.2) is 18.2 Å². The Bertz CT molecular complexity index is 384. The van der Waals surface area contributed by atoms with E-state index in [2.05, 4.69) is 24.4 Å². The minimum atomic E-state index is -0.783. The minimum absolute atomic E-state index is 0.608. The molecule has 3 heteroatoms. The Balaban J connectivity index is 2.40. The molecule has 17 heavy (non-hydrogen) atoms. The van der Waals surface area contributed by atoms with Gasteiger partial charge in [0, 0.05) is 12.1 Å². The van der Waals surface area contributed by atoms with Crippen molar-refractivity contribution in [2.45, 2.75) is 31.8 Å². The van der Waals surface area contributed by atoms with Crippen LogP contribution in [0.4, 0.5) is 0 Å². The first kappa shape index (κ1) is 12.4. The van der Waals surface area contributed by atoms with Crippen LogP contribution in [-0.4, -0.2) is 25.3 Å². The molecule has 3 nitrogen and oxygen atoms in total. The fourth-order valence-electron chi connectivity index (χ4n) is 2.46. The third-order valence-electron chi connectivity index (χ3n) is 3.53. The smallest absolute Gasteiger partial charge is 0.125 e. The highest BCUT2D eigenvalue weighted by Gasteiger charge is 2.33. The number of benzene rings is 1. The largest absolute Gasteiger partial charge is 0.496 e. The zero-order valence-corrected chi connectivity index (χ0v) is 10.6. The van der Waals surface area contributed by atoms with Crippen molar-refractivity contribution in [3.05, 3.63) is 29.3 Å². The molecule has 1 saturated heterocycles. The number of aliphatic hydroxyl groups is 1. The van der Waals surface area contributed by atoms with Gasteiger partial charge < -0.3 is 15.2 Å². The van der Waals surface area contributed by atoms with Gasteiger partial charge in [-0.1, -0.05) is 13.0 Å². The predicted octanol–water partition coefficient (Wildman–Crippen LogP) is 1.83. The summed E-state index contributed by atoms with van der Waals surface area (Å²) in [5.74, 6) is 0.786. The molecule has 1 aliphatic rings. The second-order valence-electron chi connectivity index (χ2n) is 4.70. The summed E-state index contributed by atoms with van der Waals surface area (Å²) >= 11 is 0. The highest BCUT2D eigenvalue weighted by atomic mass is 16.5. The number of methoxy groups -OCH3 is 1. The molecule has 0 spiro atoms. The Morgan fingerprint density at radius 3 is 2.88 bits per heavy atom. The van der Waals surface area contributed by atoms with E-state index in [4.69, 9.17) is 4.74 Å².